The number of ether oxygens (including phenoxy) is 6. The van der Waals surface area contributed by atoms with E-state index in [0.717, 1.165) is 45.5 Å². The zero-order chi connectivity index (χ0) is 38.6. The molecule has 1 N–H and O–H groups in total. The van der Waals surface area contributed by atoms with Crippen LogP contribution in [0.25, 0.3) is 0 Å². The van der Waals surface area contributed by atoms with E-state index in [1.54, 1.807) is 14.2 Å². The molecule has 3 aromatic carbocycles. The number of esters is 2. The quantitative estimate of drug-likeness (QED) is 0.0431. The highest BCUT2D eigenvalue weighted by Gasteiger charge is 2.49. The third-order valence-electron chi connectivity index (χ3n) is 10.3. The number of hydrogen-bond acceptors (Lipinski definition) is 9. The molecule has 0 aliphatic carbocycles. The van der Waals surface area contributed by atoms with Crippen molar-refractivity contribution in [1.82, 2.24) is 0 Å². The number of allylic oxidation sites excluding steroid dienone is 4. The van der Waals surface area contributed by atoms with Crippen LogP contribution in [0.3, 0.4) is 0 Å². The van der Waals surface area contributed by atoms with Crippen LogP contribution in [-0.4, -0.2) is 66.4 Å². The topological polar surface area (TPSA) is 110 Å². The number of carbonyl (C=O) groups excluding carboxylic acids is 2. The molecule has 0 radical (unpaired) electrons. The van der Waals surface area contributed by atoms with Gasteiger partial charge in [0, 0.05) is 18.2 Å². The second-order valence-corrected chi connectivity index (χ2v) is 18.3. The van der Waals surface area contributed by atoms with E-state index in [2.05, 4.69) is 26.8 Å². The molecule has 0 amide bonds. The number of rotatable bonds is 20. The number of hydrogen-bond donors (Lipinski definition) is 1. The van der Waals surface area contributed by atoms with Crippen LogP contribution >= 0.6 is 0 Å². The van der Waals surface area contributed by atoms with Gasteiger partial charge in [-0.15, -0.1) is 0 Å². The van der Waals surface area contributed by atoms with Gasteiger partial charge in [0.1, 0.15) is 23.7 Å². The lowest BCUT2D eigenvalue weighted by Crippen LogP contribution is -2.65. The minimum Gasteiger partial charge on any atom is -0.496 e. The fourth-order valence-corrected chi connectivity index (χ4v) is 11.0. The van der Waals surface area contributed by atoms with Crippen molar-refractivity contribution in [2.75, 3.05) is 41.3 Å². The first-order valence-electron chi connectivity index (χ1n) is 18.2. The second-order valence-electron chi connectivity index (χ2n) is 14.4. The fourth-order valence-electron chi connectivity index (χ4n) is 7.26. The van der Waals surface area contributed by atoms with Crippen molar-refractivity contribution in [3.8, 4) is 11.5 Å². The lowest BCUT2D eigenvalue weighted by molar-refractivity contribution is -0.145. The summed E-state index contributed by atoms with van der Waals surface area (Å²) in [7, 11) is 1.49. The second kappa shape index (κ2) is 19.2. The SMILES string of the molecule is COCCOCOc1c(C/C=C(\C)CC(C/C(C)=C/CCC(C)(C)[Si](O)(c2ccccc2)c2ccccc2)C(=O)OC)c(OC)c(C)c2c1C(=O)OC2. The first kappa shape index (κ1) is 41.5. The first-order chi connectivity index (χ1) is 25.4. The zero-order valence-electron chi connectivity index (χ0n) is 32.6. The zero-order valence-corrected chi connectivity index (χ0v) is 33.6. The predicted octanol–water partition coefficient (Wildman–Crippen LogP) is 6.99. The van der Waals surface area contributed by atoms with Gasteiger partial charge in [0.25, 0.3) is 8.32 Å². The van der Waals surface area contributed by atoms with E-state index in [4.69, 9.17) is 28.4 Å². The van der Waals surface area contributed by atoms with Crippen LogP contribution in [0.1, 0.15) is 80.4 Å². The molecule has 0 spiro atoms. The van der Waals surface area contributed by atoms with Crippen molar-refractivity contribution >= 4 is 30.6 Å². The maximum atomic E-state index is 13.1. The molecule has 9 nitrogen and oxygen atoms in total. The Morgan fingerprint density at radius 3 is 2.09 bits per heavy atom. The molecule has 10 heteroatoms. The maximum Gasteiger partial charge on any atom is 0.342 e. The van der Waals surface area contributed by atoms with Gasteiger partial charge in [0.05, 0.1) is 33.4 Å². The molecular formula is C43H56O9Si. The molecule has 0 aromatic heterocycles. The summed E-state index contributed by atoms with van der Waals surface area (Å²) in [5.74, 6) is -0.0929. The third kappa shape index (κ3) is 9.86. The highest BCUT2D eigenvalue weighted by atomic mass is 28.4. The Hall–Kier alpha value is -4.22. The van der Waals surface area contributed by atoms with Crippen LogP contribution in [0.4, 0.5) is 0 Å². The van der Waals surface area contributed by atoms with E-state index < -0.39 is 14.3 Å². The molecule has 1 heterocycles. The number of fused-ring (bicyclic) bond motifs is 1. The summed E-state index contributed by atoms with van der Waals surface area (Å²) in [5.41, 5.74) is 4.75. The number of methoxy groups -OCH3 is 3. The average molecular weight is 745 g/mol. The molecule has 0 saturated carbocycles. The van der Waals surface area contributed by atoms with Crippen molar-refractivity contribution in [1.29, 1.82) is 0 Å². The van der Waals surface area contributed by atoms with Crippen molar-refractivity contribution in [3.63, 3.8) is 0 Å². The summed E-state index contributed by atoms with van der Waals surface area (Å²) in [5, 5.41) is 1.61. The normalized spacial score (nSPS) is 14.1. The van der Waals surface area contributed by atoms with Gasteiger partial charge in [-0.25, -0.2) is 4.79 Å². The van der Waals surface area contributed by atoms with Crippen LogP contribution in [0.5, 0.6) is 11.5 Å². The number of carbonyl (C=O) groups is 2. The summed E-state index contributed by atoms with van der Waals surface area (Å²) < 4.78 is 33.2. The van der Waals surface area contributed by atoms with Gasteiger partial charge in [0.15, 0.2) is 6.79 Å². The molecule has 1 atom stereocenters. The number of cyclic esters (lactones) is 1. The summed E-state index contributed by atoms with van der Waals surface area (Å²) in [4.78, 5) is 38.4. The Kier molecular flexibility index (Phi) is 15.1. The lowest BCUT2D eigenvalue weighted by Gasteiger charge is -2.41. The van der Waals surface area contributed by atoms with Crippen molar-refractivity contribution in [2.24, 2.45) is 5.92 Å². The van der Waals surface area contributed by atoms with Crippen molar-refractivity contribution in [2.45, 2.75) is 78.4 Å². The maximum absolute atomic E-state index is 13.1. The van der Waals surface area contributed by atoms with Crippen LogP contribution < -0.4 is 19.8 Å². The van der Waals surface area contributed by atoms with Gasteiger partial charge in [-0.1, -0.05) is 97.8 Å². The minimum atomic E-state index is -3.12. The molecule has 0 saturated heterocycles. The molecule has 1 aliphatic heterocycles. The van der Waals surface area contributed by atoms with Gasteiger partial charge in [-0.05, 0) is 73.9 Å². The standard InChI is InChI=1S/C43H56O9Si/c1-30(16-15-23-43(4,5)53(46,34-17-11-9-12-18-34)35-19-13-10-14-20-35)26-33(41(44)49-8)27-31(2)21-22-36-39(48-7)32(3)37-28-51-42(45)38(37)40(36)52-29-50-25-24-47-6/h9-14,16-21,33,46H,15,22-29H2,1-8H3/b30-16+,31-21+. The molecular weight excluding hydrogens is 689 g/mol. The summed E-state index contributed by atoms with van der Waals surface area (Å²) in [6.45, 7) is 11.1. The summed E-state index contributed by atoms with van der Waals surface area (Å²) in [6, 6.07) is 20.1. The van der Waals surface area contributed by atoms with E-state index in [0.29, 0.717) is 55.1 Å². The van der Waals surface area contributed by atoms with Gasteiger partial charge in [0.2, 0.25) is 0 Å². The monoisotopic (exact) mass is 744 g/mol. The summed E-state index contributed by atoms with van der Waals surface area (Å²) >= 11 is 0. The Bertz CT molecular complexity index is 1710. The predicted molar refractivity (Wildman–Crippen MR) is 210 cm³/mol. The van der Waals surface area contributed by atoms with Crippen LogP contribution in [0.2, 0.25) is 5.04 Å². The van der Waals surface area contributed by atoms with E-state index in [-0.39, 0.29) is 30.3 Å². The van der Waals surface area contributed by atoms with E-state index in [9.17, 15) is 14.4 Å². The van der Waals surface area contributed by atoms with Crippen LogP contribution in [0.15, 0.2) is 84.0 Å². The van der Waals surface area contributed by atoms with Crippen LogP contribution in [-0.2, 0) is 36.8 Å². The van der Waals surface area contributed by atoms with Crippen LogP contribution in [0, 0.1) is 12.8 Å². The molecule has 53 heavy (non-hydrogen) atoms. The van der Waals surface area contributed by atoms with E-state index >= 15 is 0 Å². The van der Waals surface area contributed by atoms with E-state index in [1.165, 1.54) is 7.11 Å². The fraction of sp³-hybridized carbons (Fsp3) is 0.442. The van der Waals surface area contributed by atoms with Gasteiger partial charge < -0.3 is 33.2 Å². The molecule has 1 unspecified atom stereocenters. The Morgan fingerprint density at radius 1 is 0.925 bits per heavy atom. The smallest absolute Gasteiger partial charge is 0.342 e. The molecule has 0 fully saturated rings. The third-order valence-corrected chi connectivity index (χ3v) is 14.8. The first-order valence-corrected chi connectivity index (χ1v) is 20.2. The highest BCUT2D eigenvalue weighted by molar-refractivity contribution is 6.98. The summed E-state index contributed by atoms with van der Waals surface area (Å²) in [6.07, 6.45) is 7.19. The molecule has 4 rings (SSSR count). The Balaban J connectivity index is 1.50. The average Bonchev–Trinajstić information content (AvgIpc) is 3.55. The molecule has 1 aliphatic rings. The van der Waals surface area contributed by atoms with Gasteiger partial charge >= 0.3 is 11.9 Å². The van der Waals surface area contributed by atoms with Crippen molar-refractivity contribution < 1.29 is 42.8 Å². The van der Waals surface area contributed by atoms with E-state index in [1.807, 2.05) is 80.6 Å². The van der Waals surface area contributed by atoms with Gasteiger partial charge in [-0.2, -0.15) is 0 Å². The molecule has 3 aromatic rings. The lowest BCUT2D eigenvalue weighted by atomic mass is 9.91. The molecule has 286 valence electrons. The van der Waals surface area contributed by atoms with Crippen molar-refractivity contribution in [3.05, 3.63) is 106 Å². The highest BCUT2D eigenvalue weighted by Crippen LogP contribution is 2.43. The molecule has 0 bridgehead atoms. The Labute approximate surface area is 316 Å². The minimum absolute atomic E-state index is 0.0712. The van der Waals surface area contributed by atoms with Gasteiger partial charge in [-0.3, -0.25) is 4.79 Å². The number of benzene rings is 3. The largest absolute Gasteiger partial charge is 0.496 e. The Morgan fingerprint density at radius 2 is 1.53 bits per heavy atom.